The first kappa shape index (κ1) is 19.3. The first-order valence-electron chi connectivity index (χ1n) is 8.61. The van der Waals surface area contributed by atoms with Crippen LogP contribution in [0.5, 0.6) is 5.75 Å². The van der Waals surface area contributed by atoms with Gasteiger partial charge in [-0.05, 0) is 29.8 Å². The molecule has 0 spiro atoms. The zero-order valence-corrected chi connectivity index (χ0v) is 16.4. The summed E-state index contributed by atoms with van der Waals surface area (Å²) in [6, 6.07) is 17.3. The predicted molar refractivity (Wildman–Crippen MR) is 112 cm³/mol. The molecule has 6 nitrogen and oxygen atoms in total. The summed E-state index contributed by atoms with van der Waals surface area (Å²) in [5, 5.41) is 11.6. The van der Waals surface area contributed by atoms with Crippen LogP contribution in [0.15, 0.2) is 60.7 Å². The second-order valence-corrected chi connectivity index (χ2v) is 7.22. The summed E-state index contributed by atoms with van der Waals surface area (Å²) in [5.74, 6) is 0.961. The van der Waals surface area contributed by atoms with Crippen LogP contribution in [0.2, 0.25) is 10.0 Å². The first-order chi connectivity index (χ1) is 13.9. The van der Waals surface area contributed by atoms with Crippen LogP contribution in [0.1, 0.15) is 17.2 Å². The van der Waals surface area contributed by atoms with Crippen molar-refractivity contribution in [1.29, 1.82) is 0 Å². The number of halogens is 2. The van der Waals surface area contributed by atoms with Gasteiger partial charge in [0, 0.05) is 27.2 Å². The van der Waals surface area contributed by atoms with Gasteiger partial charge in [0.05, 0.1) is 11.0 Å². The number of amides is 1. The van der Waals surface area contributed by atoms with Gasteiger partial charge in [-0.25, -0.2) is 9.78 Å². The summed E-state index contributed by atoms with van der Waals surface area (Å²) < 4.78 is 4.88. The summed E-state index contributed by atoms with van der Waals surface area (Å²) in [4.78, 5) is 18.6. The number of benzene rings is 3. The topological polar surface area (TPSA) is 101 Å². The van der Waals surface area contributed by atoms with Crippen molar-refractivity contribution < 1.29 is 14.6 Å². The number of rotatable bonds is 4. The number of aliphatic hydroxyl groups excluding tert-OH is 1. The fourth-order valence-electron chi connectivity index (χ4n) is 3.03. The molecular formula is C21H15Cl2N3O3. The summed E-state index contributed by atoms with van der Waals surface area (Å²) in [7, 11) is 0. The van der Waals surface area contributed by atoms with E-state index in [1.54, 1.807) is 48.5 Å². The maximum Gasteiger partial charge on any atom is 0.409 e. The standard InChI is InChI=1S/C21H15Cl2N3O3/c22-13-5-7-15(16(23)9-13)19(27)11-1-3-12(4-2-11)20-25-17-8-6-14(29-21(24)28)10-18(17)26-20/h1-10,19,27H,(H2,24,28)(H,25,26). The Labute approximate surface area is 175 Å². The molecule has 1 atom stereocenters. The van der Waals surface area contributed by atoms with E-state index >= 15 is 0 Å². The van der Waals surface area contributed by atoms with Gasteiger partial charge in [-0.3, -0.25) is 0 Å². The van der Waals surface area contributed by atoms with Crippen molar-refractivity contribution >= 4 is 40.3 Å². The molecule has 4 aromatic rings. The number of imidazole rings is 1. The van der Waals surface area contributed by atoms with Crippen LogP contribution in [-0.2, 0) is 0 Å². The normalized spacial score (nSPS) is 12.1. The number of hydrogen-bond donors (Lipinski definition) is 3. The van der Waals surface area contributed by atoms with Crippen LogP contribution in [0, 0.1) is 0 Å². The number of carbonyl (C=O) groups is 1. The van der Waals surface area contributed by atoms with E-state index in [4.69, 9.17) is 33.7 Å². The van der Waals surface area contributed by atoms with Gasteiger partial charge >= 0.3 is 6.09 Å². The minimum Gasteiger partial charge on any atom is -0.410 e. The Hall–Kier alpha value is -3.06. The Kier molecular flexibility index (Phi) is 5.15. The first-order valence-corrected chi connectivity index (χ1v) is 9.37. The van der Waals surface area contributed by atoms with Gasteiger partial charge in [-0.1, -0.05) is 53.5 Å². The lowest BCUT2D eigenvalue weighted by atomic mass is 10.0. The lowest BCUT2D eigenvalue weighted by molar-refractivity contribution is 0.211. The SMILES string of the molecule is NC(=O)Oc1ccc2[nH]c(-c3ccc(C(O)c4ccc(Cl)cc4Cl)cc3)nc2c1. The molecule has 1 aromatic heterocycles. The Morgan fingerprint density at radius 1 is 1.07 bits per heavy atom. The van der Waals surface area contributed by atoms with Gasteiger partial charge in [-0.15, -0.1) is 0 Å². The van der Waals surface area contributed by atoms with Gasteiger partial charge in [0.1, 0.15) is 17.7 Å². The van der Waals surface area contributed by atoms with E-state index in [-0.39, 0.29) is 0 Å². The van der Waals surface area contributed by atoms with E-state index in [9.17, 15) is 9.90 Å². The largest absolute Gasteiger partial charge is 0.410 e. The lowest BCUT2D eigenvalue weighted by Gasteiger charge is -2.13. The average molecular weight is 428 g/mol. The zero-order valence-electron chi connectivity index (χ0n) is 14.9. The Morgan fingerprint density at radius 3 is 2.52 bits per heavy atom. The van der Waals surface area contributed by atoms with Gasteiger partial charge in [0.2, 0.25) is 0 Å². The number of ether oxygens (including phenoxy) is 1. The number of carbonyl (C=O) groups excluding carboxylic acids is 1. The van der Waals surface area contributed by atoms with Crippen LogP contribution in [0.4, 0.5) is 4.79 Å². The molecule has 1 heterocycles. The number of primary amides is 1. The highest BCUT2D eigenvalue weighted by Gasteiger charge is 2.15. The number of aromatic nitrogens is 2. The molecular weight excluding hydrogens is 413 g/mol. The molecule has 4 rings (SSSR count). The highest BCUT2D eigenvalue weighted by molar-refractivity contribution is 6.35. The molecule has 1 amide bonds. The van der Waals surface area contributed by atoms with E-state index in [0.717, 1.165) is 11.1 Å². The van der Waals surface area contributed by atoms with E-state index < -0.39 is 12.2 Å². The predicted octanol–water partition coefficient (Wildman–Crippen LogP) is 5.08. The molecule has 0 radical (unpaired) electrons. The average Bonchev–Trinajstić information content (AvgIpc) is 3.10. The molecule has 3 aromatic carbocycles. The van der Waals surface area contributed by atoms with Crippen molar-refractivity contribution in [2.24, 2.45) is 5.73 Å². The van der Waals surface area contributed by atoms with Crippen LogP contribution in [-0.4, -0.2) is 21.2 Å². The third kappa shape index (κ3) is 4.05. The Bertz CT molecular complexity index is 1210. The number of aliphatic hydroxyl groups is 1. The van der Waals surface area contributed by atoms with Crippen LogP contribution in [0.25, 0.3) is 22.4 Å². The smallest absolute Gasteiger partial charge is 0.409 e. The molecule has 4 N–H and O–H groups in total. The minimum atomic E-state index is -0.880. The summed E-state index contributed by atoms with van der Waals surface area (Å²) in [6.07, 6.45) is -1.76. The molecule has 0 aliphatic rings. The van der Waals surface area contributed by atoms with E-state index in [2.05, 4.69) is 9.97 Å². The van der Waals surface area contributed by atoms with Crippen LogP contribution < -0.4 is 10.5 Å². The van der Waals surface area contributed by atoms with Gasteiger partial charge in [0.15, 0.2) is 0 Å². The van der Waals surface area contributed by atoms with Crippen molar-refractivity contribution in [2.75, 3.05) is 0 Å². The highest BCUT2D eigenvalue weighted by atomic mass is 35.5. The Balaban J connectivity index is 1.61. The fraction of sp³-hybridized carbons (Fsp3) is 0.0476. The molecule has 0 saturated heterocycles. The fourth-order valence-corrected chi connectivity index (χ4v) is 3.54. The number of nitrogens with two attached hydrogens (primary N) is 1. The van der Waals surface area contributed by atoms with Crippen LogP contribution in [0.3, 0.4) is 0 Å². The molecule has 0 aliphatic heterocycles. The third-order valence-corrected chi connectivity index (χ3v) is 4.99. The number of hydrogen-bond acceptors (Lipinski definition) is 4. The van der Waals surface area contributed by atoms with Crippen molar-refractivity contribution in [1.82, 2.24) is 9.97 Å². The molecule has 146 valence electrons. The second kappa shape index (κ2) is 7.75. The number of H-pyrrole nitrogens is 1. The van der Waals surface area contributed by atoms with Gasteiger partial charge < -0.3 is 20.6 Å². The van der Waals surface area contributed by atoms with Crippen molar-refractivity contribution in [3.8, 4) is 17.1 Å². The van der Waals surface area contributed by atoms with E-state index in [0.29, 0.717) is 38.3 Å². The highest BCUT2D eigenvalue weighted by Crippen LogP contribution is 2.31. The lowest BCUT2D eigenvalue weighted by Crippen LogP contribution is -2.16. The van der Waals surface area contributed by atoms with Crippen molar-refractivity contribution in [3.05, 3.63) is 81.8 Å². The second-order valence-electron chi connectivity index (χ2n) is 6.38. The van der Waals surface area contributed by atoms with E-state index in [1.807, 2.05) is 12.1 Å². The maximum atomic E-state index is 10.9. The molecule has 29 heavy (non-hydrogen) atoms. The molecule has 0 fully saturated rings. The summed E-state index contributed by atoms with van der Waals surface area (Å²) in [6.45, 7) is 0. The number of nitrogens with one attached hydrogen (secondary N) is 1. The third-order valence-electron chi connectivity index (χ3n) is 4.43. The summed E-state index contributed by atoms with van der Waals surface area (Å²) in [5.41, 5.74) is 8.55. The number of fused-ring (bicyclic) bond motifs is 1. The number of nitrogens with zero attached hydrogens (tertiary/aromatic N) is 1. The van der Waals surface area contributed by atoms with Gasteiger partial charge in [-0.2, -0.15) is 0 Å². The number of aromatic amines is 1. The molecule has 0 aliphatic carbocycles. The summed E-state index contributed by atoms with van der Waals surface area (Å²) >= 11 is 12.1. The minimum absolute atomic E-state index is 0.321. The van der Waals surface area contributed by atoms with Crippen molar-refractivity contribution in [2.45, 2.75) is 6.10 Å². The van der Waals surface area contributed by atoms with E-state index in [1.165, 1.54) is 0 Å². The quantitative estimate of drug-likeness (QED) is 0.422. The van der Waals surface area contributed by atoms with Crippen LogP contribution >= 0.6 is 23.2 Å². The van der Waals surface area contributed by atoms with Gasteiger partial charge in [0.25, 0.3) is 0 Å². The molecule has 0 saturated carbocycles. The Morgan fingerprint density at radius 2 is 1.83 bits per heavy atom. The molecule has 1 unspecified atom stereocenters. The molecule has 8 heteroatoms. The van der Waals surface area contributed by atoms with Crippen molar-refractivity contribution in [3.63, 3.8) is 0 Å². The maximum absolute atomic E-state index is 10.9. The zero-order chi connectivity index (χ0) is 20.5. The molecule has 0 bridgehead atoms. The monoisotopic (exact) mass is 427 g/mol.